The van der Waals surface area contributed by atoms with Crippen LogP contribution in [0.5, 0.6) is 0 Å². The molecule has 0 saturated heterocycles. The molecule has 0 spiro atoms. The topological polar surface area (TPSA) is 26.0 Å². The molecule has 56 valence electrons. The predicted octanol–water partition coefficient (Wildman–Crippen LogP) is 1.72. The monoisotopic (exact) mass is 155 g/mol. The van der Waals surface area contributed by atoms with Crippen molar-refractivity contribution in [2.24, 2.45) is 11.7 Å². The van der Waals surface area contributed by atoms with Crippen LogP contribution in [0.4, 0.5) is 0 Å². The van der Waals surface area contributed by atoms with Gasteiger partial charge in [0, 0.05) is 10.9 Å². The van der Waals surface area contributed by atoms with E-state index in [0.717, 1.165) is 12.1 Å². The molecule has 1 aliphatic carbocycles. The molecule has 0 aliphatic heterocycles. The van der Waals surface area contributed by atoms with Crippen LogP contribution in [-0.4, -0.2) is 5.25 Å². The van der Waals surface area contributed by atoms with Crippen LogP contribution >= 0.6 is 12.6 Å². The Morgan fingerprint density at radius 1 is 1.70 bits per heavy atom. The second kappa shape index (κ2) is 3.15. The number of thiol groups is 1. The van der Waals surface area contributed by atoms with E-state index in [4.69, 9.17) is 5.73 Å². The van der Waals surface area contributed by atoms with E-state index in [1.165, 1.54) is 0 Å². The van der Waals surface area contributed by atoms with Gasteiger partial charge in [0.15, 0.2) is 0 Å². The van der Waals surface area contributed by atoms with Crippen LogP contribution < -0.4 is 5.73 Å². The molecule has 0 amide bonds. The van der Waals surface area contributed by atoms with E-state index >= 15 is 0 Å². The van der Waals surface area contributed by atoms with E-state index in [1.54, 1.807) is 0 Å². The van der Waals surface area contributed by atoms with Gasteiger partial charge in [-0.1, -0.05) is 19.1 Å². The molecule has 2 N–H and O–H groups in total. The van der Waals surface area contributed by atoms with Crippen molar-refractivity contribution in [3.05, 3.63) is 23.9 Å². The third kappa shape index (κ3) is 1.57. The molecule has 0 saturated carbocycles. The SMILES string of the molecule is CCC1C=C(N)C=CC1S. The highest BCUT2D eigenvalue weighted by Gasteiger charge is 2.13. The van der Waals surface area contributed by atoms with Crippen LogP contribution in [0, 0.1) is 5.92 Å². The molecule has 0 bridgehead atoms. The minimum atomic E-state index is 0.359. The summed E-state index contributed by atoms with van der Waals surface area (Å²) in [4.78, 5) is 0. The molecule has 1 rings (SSSR count). The Labute approximate surface area is 67.4 Å². The molecule has 0 aromatic carbocycles. The fraction of sp³-hybridized carbons (Fsp3) is 0.500. The number of hydrogen-bond acceptors (Lipinski definition) is 2. The number of nitrogens with two attached hydrogens (primary N) is 1. The average Bonchev–Trinajstić information content (AvgIpc) is 1.94. The van der Waals surface area contributed by atoms with Crippen molar-refractivity contribution in [1.82, 2.24) is 0 Å². The number of rotatable bonds is 1. The highest BCUT2D eigenvalue weighted by molar-refractivity contribution is 7.81. The van der Waals surface area contributed by atoms with Crippen LogP contribution in [0.25, 0.3) is 0 Å². The van der Waals surface area contributed by atoms with E-state index in [-0.39, 0.29) is 0 Å². The largest absolute Gasteiger partial charge is 0.399 e. The highest BCUT2D eigenvalue weighted by atomic mass is 32.1. The minimum Gasteiger partial charge on any atom is -0.399 e. The maximum absolute atomic E-state index is 5.60. The third-order valence-corrected chi connectivity index (χ3v) is 2.36. The van der Waals surface area contributed by atoms with Gasteiger partial charge in [-0.05, 0) is 18.4 Å². The quantitative estimate of drug-likeness (QED) is 0.554. The summed E-state index contributed by atoms with van der Waals surface area (Å²) >= 11 is 4.39. The fourth-order valence-corrected chi connectivity index (χ4v) is 1.50. The van der Waals surface area contributed by atoms with Crippen molar-refractivity contribution in [3.63, 3.8) is 0 Å². The standard InChI is InChI=1S/C8H13NS/c1-2-6-5-7(9)3-4-8(6)10/h3-6,8,10H,2,9H2,1H3. The van der Waals surface area contributed by atoms with Crippen LogP contribution in [0.2, 0.25) is 0 Å². The lowest BCUT2D eigenvalue weighted by Crippen LogP contribution is -2.15. The van der Waals surface area contributed by atoms with Gasteiger partial charge in [0.2, 0.25) is 0 Å². The molecule has 1 nitrogen and oxygen atoms in total. The van der Waals surface area contributed by atoms with Crippen molar-refractivity contribution in [2.45, 2.75) is 18.6 Å². The zero-order valence-corrected chi connectivity index (χ0v) is 7.01. The van der Waals surface area contributed by atoms with Crippen molar-refractivity contribution in [3.8, 4) is 0 Å². The molecule has 0 fully saturated rings. The maximum atomic E-state index is 5.60. The Kier molecular flexibility index (Phi) is 2.44. The van der Waals surface area contributed by atoms with Gasteiger partial charge < -0.3 is 5.73 Å². The van der Waals surface area contributed by atoms with Gasteiger partial charge in [0.05, 0.1) is 0 Å². The van der Waals surface area contributed by atoms with Crippen LogP contribution in [0.3, 0.4) is 0 Å². The van der Waals surface area contributed by atoms with Crippen LogP contribution in [0.1, 0.15) is 13.3 Å². The zero-order valence-electron chi connectivity index (χ0n) is 6.12. The lowest BCUT2D eigenvalue weighted by atomic mass is 9.96. The molecular weight excluding hydrogens is 142 g/mol. The van der Waals surface area contributed by atoms with Gasteiger partial charge in [0.1, 0.15) is 0 Å². The molecule has 0 aromatic rings. The lowest BCUT2D eigenvalue weighted by Gasteiger charge is -2.18. The zero-order chi connectivity index (χ0) is 7.56. The summed E-state index contributed by atoms with van der Waals surface area (Å²) in [6, 6.07) is 0. The number of hydrogen-bond donors (Lipinski definition) is 2. The van der Waals surface area contributed by atoms with Crippen LogP contribution in [-0.2, 0) is 0 Å². The first kappa shape index (κ1) is 7.73. The van der Waals surface area contributed by atoms with Gasteiger partial charge in [-0.15, -0.1) is 0 Å². The molecule has 1 aliphatic rings. The van der Waals surface area contributed by atoms with Gasteiger partial charge in [0.25, 0.3) is 0 Å². The summed E-state index contributed by atoms with van der Waals surface area (Å²) in [5, 5.41) is 0.359. The fourth-order valence-electron chi connectivity index (χ4n) is 1.11. The molecule has 2 atom stereocenters. The molecule has 0 aromatic heterocycles. The second-order valence-electron chi connectivity index (χ2n) is 2.59. The summed E-state index contributed by atoms with van der Waals surface area (Å²) < 4.78 is 0. The van der Waals surface area contributed by atoms with Crippen molar-refractivity contribution in [1.29, 1.82) is 0 Å². The van der Waals surface area contributed by atoms with E-state index in [1.807, 2.05) is 12.2 Å². The van der Waals surface area contributed by atoms with Crippen molar-refractivity contribution >= 4 is 12.6 Å². The molecule has 2 heteroatoms. The molecule has 2 unspecified atom stereocenters. The Bertz CT molecular complexity index is 172. The summed E-state index contributed by atoms with van der Waals surface area (Å²) in [6.45, 7) is 2.15. The van der Waals surface area contributed by atoms with Gasteiger partial charge in [-0.25, -0.2) is 0 Å². The Morgan fingerprint density at radius 3 is 2.90 bits per heavy atom. The van der Waals surface area contributed by atoms with Crippen molar-refractivity contribution in [2.75, 3.05) is 0 Å². The molecule has 0 radical (unpaired) electrons. The molecular formula is C8H13NS. The maximum Gasteiger partial charge on any atom is 0.0273 e. The third-order valence-electron chi connectivity index (χ3n) is 1.80. The first-order valence-electron chi connectivity index (χ1n) is 3.57. The number of allylic oxidation sites excluding steroid dienone is 2. The lowest BCUT2D eigenvalue weighted by molar-refractivity contribution is 0.642. The summed E-state index contributed by atoms with van der Waals surface area (Å²) in [7, 11) is 0. The normalized spacial score (nSPS) is 32.0. The minimum absolute atomic E-state index is 0.359. The van der Waals surface area contributed by atoms with Gasteiger partial charge in [-0.2, -0.15) is 12.6 Å². The van der Waals surface area contributed by atoms with Crippen molar-refractivity contribution < 1.29 is 0 Å². The van der Waals surface area contributed by atoms with E-state index < -0.39 is 0 Å². The summed E-state index contributed by atoms with van der Waals surface area (Å²) in [5.74, 6) is 0.522. The molecule has 0 heterocycles. The second-order valence-corrected chi connectivity index (χ2v) is 3.18. The van der Waals surface area contributed by atoms with Gasteiger partial charge in [-0.3, -0.25) is 0 Å². The van der Waals surface area contributed by atoms with Gasteiger partial charge >= 0.3 is 0 Å². The summed E-state index contributed by atoms with van der Waals surface area (Å²) in [6.07, 6.45) is 7.16. The first-order valence-corrected chi connectivity index (χ1v) is 4.09. The Balaban J connectivity index is 2.67. The van der Waals surface area contributed by atoms with E-state index in [2.05, 4.69) is 25.6 Å². The highest BCUT2D eigenvalue weighted by Crippen LogP contribution is 2.21. The summed E-state index contributed by atoms with van der Waals surface area (Å²) in [5.41, 5.74) is 6.48. The van der Waals surface area contributed by atoms with Crippen LogP contribution in [0.15, 0.2) is 23.9 Å². The Hall–Kier alpha value is -0.370. The van der Waals surface area contributed by atoms with E-state index in [9.17, 15) is 0 Å². The predicted molar refractivity (Wildman–Crippen MR) is 48.0 cm³/mol. The van der Waals surface area contributed by atoms with E-state index in [0.29, 0.717) is 11.2 Å². The average molecular weight is 155 g/mol. The molecule has 10 heavy (non-hydrogen) atoms. The smallest absolute Gasteiger partial charge is 0.0273 e. The first-order chi connectivity index (χ1) is 4.74. The Morgan fingerprint density at radius 2 is 2.40 bits per heavy atom.